The van der Waals surface area contributed by atoms with Crippen LogP contribution >= 0.6 is 0 Å². The number of hydrazine groups is 1. The van der Waals surface area contributed by atoms with E-state index in [1.165, 1.54) is 16.4 Å². The van der Waals surface area contributed by atoms with Crippen LogP contribution in [0.25, 0.3) is 0 Å². The van der Waals surface area contributed by atoms with E-state index in [1.807, 2.05) is 10.3 Å². The SMILES string of the molecule is O=C(NNC(=O)C(F)F)c1ccc(CN(c2ccccc2)S(=O)(=O)CCCN2CCC(F)C2)cc1. The highest BCUT2D eigenvalue weighted by Gasteiger charge is 2.25. The van der Waals surface area contributed by atoms with Crippen molar-refractivity contribution < 1.29 is 31.2 Å². The van der Waals surface area contributed by atoms with Crippen LogP contribution in [0.15, 0.2) is 54.6 Å². The van der Waals surface area contributed by atoms with Gasteiger partial charge in [0.2, 0.25) is 10.0 Å². The Morgan fingerprint density at radius 1 is 1.06 bits per heavy atom. The number of amides is 2. The van der Waals surface area contributed by atoms with Gasteiger partial charge in [-0.3, -0.25) is 24.7 Å². The molecule has 1 aliphatic heterocycles. The highest BCUT2D eigenvalue weighted by Crippen LogP contribution is 2.22. The van der Waals surface area contributed by atoms with Crippen LogP contribution < -0.4 is 15.2 Å². The van der Waals surface area contributed by atoms with Gasteiger partial charge in [0, 0.05) is 18.7 Å². The van der Waals surface area contributed by atoms with E-state index in [9.17, 15) is 31.2 Å². The standard InChI is InChI=1S/C23H27F3N4O4S/c24-19-11-13-29(16-19)12-4-14-35(33,34)30(20-5-2-1-3-6-20)15-17-7-9-18(10-8-17)22(31)27-28-23(32)21(25)26/h1-3,5-10,19,21H,4,11-16H2,(H,27,31)(H,28,32). The van der Waals surface area contributed by atoms with Gasteiger partial charge in [0.05, 0.1) is 18.0 Å². The summed E-state index contributed by atoms with van der Waals surface area (Å²) in [7, 11) is -3.72. The Morgan fingerprint density at radius 2 is 1.74 bits per heavy atom. The number of para-hydroxylation sites is 1. The summed E-state index contributed by atoms with van der Waals surface area (Å²) in [5.41, 5.74) is 4.66. The molecule has 3 rings (SSSR count). The fourth-order valence-corrected chi connectivity index (χ4v) is 5.19. The minimum Gasteiger partial charge on any atom is -0.300 e. The number of nitrogens with one attached hydrogen (secondary N) is 2. The van der Waals surface area contributed by atoms with Crippen molar-refractivity contribution in [1.82, 2.24) is 15.8 Å². The Kier molecular flexibility index (Phi) is 9.10. The smallest absolute Gasteiger partial charge is 0.300 e. The number of nitrogens with zero attached hydrogens (tertiary/aromatic N) is 2. The van der Waals surface area contributed by atoms with Crippen molar-refractivity contribution in [1.29, 1.82) is 0 Å². The van der Waals surface area contributed by atoms with E-state index in [-0.39, 0.29) is 17.9 Å². The highest BCUT2D eigenvalue weighted by atomic mass is 32.2. The molecule has 190 valence electrons. The molecule has 8 nitrogen and oxygen atoms in total. The first kappa shape index (κ1) is 26.5. The van der Waals surface area contributed by atoms with Gasteiger partial charge in [-0.25, -0.2) is 12.8 Å². The maximum atomic E-state index is 13.4. The number of benzene rings is 2. The second kappa shape index (κ2) is 12.0. The maximum absolute atomic E-state index is 13.4. The molecule has 1 saturated heterocycles. The van der Waals surface area contributed by atoms with E-state index >= 15 is 0 Å². The average Bonchev–Trinajstić information content (AvgIpc) is 3.26. The lowest BCUT2D eigenvalue weighted by Gasteiger charge is -2.25. The molecule has 0 spiro atoms. The summed E-state index contributed by atoms with van der Waals surface area (Å²) < 4.78 is 65.6. The minimum atomic E-state index is -3.72. The number of likely N-dealkylation sites (tertiary alicyclic amines) is 1. The molecule has 2 N–H and O–H groups in total. The molecule has 1 heterocycles. The molecule has 2 aromatic carbocycles. The quantitative estimate of drug-likeness (QED) is 0.477. The molecule has 0 saturated carbocycles. The van der Waals surface area contributed by atoms with Gasteiger partial charge in [0.15, 0.2) is 0 Å². The molecule has 12 heteroatoms. The molecule has 2 aromatic rings. The molecule has 1 fully saturated rings. The van der Waals surface area contributed by atoms with Crippen molar-refractivity contribution >= 4 is 27.5 Å². The van der Waals surface area contributed by atoms with Gasteiger partial charge in [-0.15, -0.1) is 0 Å². The molecule has 0 bridgehead atoms. The van der Waals surface area contributed by atoms with Crippen molar-refractivity contribution in [2.24, 2.45) is 0 Å². The molecule has 0 radical (unpaired) electrons. The van der Waals surface area contributed by atoms with E-state index < -0.39 is 34.4 Å². The third kappa shape index (κ3) is 7.69. The third-order valence-corrected chi connectivity index (χ3v) is 7.33. The van der Waals surface area contributed by atoms with Crippen LogP contribution in [0, 0.1) is 0 Å². The lowest BCUT2D eigenvalue weighted by molar-refractivity contribution is -0.132. The molecular weight excluding hydrogens is 485 g/mol. The summed E-state index contributed by atoms with van der Waals surface area (Å²) in [6.45, 7) is 1.45. The monoisotopic (exact) mass is 512 g/mol. The molecule has 1 unspecified atom stereocenters. The van der Waals surface area contributed by atoms with Crippen molar-refractivity contribution in [2.75, 3.05) is 29.7 Å². The summed E-state index contributed by atoms with van der Waals surface area (Å²) >= 11 is 0. The van der Waals surface area contributed by atoms with E-state index in [4.69, 9.17) is 0 Å². The number of sulfonamides is 1. The van der Waals surface area contributed by atoms with Crippen LogP contribution in [0.2, 0.25) is 0 Å². The molecule has 0 aliphatic carbocycles. The number of hydrogen-bond acceptors (Lipinski definition) is 5. The first-order chi connectivity index (χ1) is 16.7. The maximum Gasteiger partial charge on any atom is 0.317 e. The largest absolute Gasteiger partial charge is 0.317 e. The van der Waals surface area contributed by atoms with Gasteiger partial charge < -0.3 is 4.90 Å². The Balaban J connectivity index is 1.67. The minimum absolute atomic E-state index is 0.00658. The van der Waals surface area contributed by atoms with E-state index in [0.29, 0.717) is 43.7 Å². The Morgan fingerprint density at radius 3 is 2.34 bits per heavy atom. The second-order valence-corrected chi connectivity index (χ2v) is 10.2. The molecule has 1 aliphatic rings. The van der Waals surface area contributed by atoms with E-state index in [0.717, 1.165) is 0 Å². The number of alkyl halides is 3. The molecular formula is C23H27F3N4O4S. The zero-order chi connectivity index (χ0) is 25.4. The molecule has 1 atom stereocenters. The normalized spacial score (nSPS) is 16.3. The van der Waals surface area contributed by atoms with Crippen LogP contribution in [-0.4, -0.2) is 63.1 Å². The van der Waals surface area contributed by atoms with Crippen LogP contribution in [0.3, 0.4) is 0 Å². The number of hydrogen-bond donors (Lipinski definition) is 2. The fourth-order valence-electron chi connectivity index (χ4n) is 3.69. The number of anilines is 1. The van der Waals surface area contributed by atoms with Gasteiger partial charge in [0.1, 0.15) is 6.17 Å². The van der Waals surface area contributed by atoms with Crippen LogP contribution in [0.4, 0.5) is 18.9 Å². The summed E-state index contributed by atoms with van der Waals surface area (Å²) in [6.07, 6.45) is -3.30. The van der Waals surface area contributed by atoms with Crippen molar-refractivity contribution in [3.05, 3.63) is 65.7 Å². The van der Waals surface area contributed by atoms with Crippen LogP contribution in [0.5, 0.6) is 0 Å². The van der Waals surface area contributed by atoms with Crippen molar-refractivity contribution in [3.8, 4) is 0 Å². The Labute approximate surface area is 202 Å². The average molecular weight is 513 g/mol. The Bertz CT molecular complexity index is 1100. The zero-order valence-corrected chi connectivity index (χ0v) is 19.7. The Hall–Kier alpha value is -3.12. The number of carbonyl (C=O) groups is 2. The molecule has 2 amide bonds. The summed E-state index contributed by atoms with van der Waals surface area (Å²) in [6, 6.07) is 14.5. The lowest BCUT2D eigenvalue weighted by atomic mass is 10.1. The highest BCUT2D eigenvalue weighted by molar-refractivity contribution is 7.92. The topological polar surface area (TPSA) is 98.8 Å². The summed E-state index contributed by atoms with van der Waals surface area (Å²) in [5, 5.41) is 0. The predicted molar refractivity (Wildman–Crippen MR) is 125 cm³/mol. The summed E-state index contributed by atoms with van der Waals surface area (Å²) in [4.78, 5) is 24.8. The van der Waals surface area contributed by atoms with E-state index in [1.54, 1.807) is 47.9 Å². The van der Waals surface area contributed by atoms with Gasteiger partial charge in [-0.1, -0.05) is 30.3 Å². The molecule has 35 heavy (non-hydrogen) atoms. The van der Waals surface area contributed by atoms with Gasteiger partial charge in [-0.2, -0.15) is 8.78 Å². The first-order valence-electron chi connectivity index (χ1n) is 11.0. The zero-order valence-electron chi connectivity index (χ0n) is 18.9. The number of halogens is 3. The lowest BCUT2D eigenvalue weighted by Crippen LogP contribution is -2.44. The molecule has 0 aromatic heterocycles. The first-order valence-corrected chi connectivity index (χ1v) is 12.7. The number of rotatable bonds is 10. The van der Waals surface area contributed by atoms with Gasteiger partial charge in [0.25, 0.3) is 5.91 Å². The van der Waals surface area contributed by atoms with Crippen molar-refractivity contribution in [3.63, 3.8) is 0 Å². The van der Waals surface area contributed by atoms with Crippen molar-refractivity contribution in [2.45, 2.75) is 32.0 Å². The number of carbonyl (C=O) groups excluding carboxylic acids is 2. The van der Waals surface area contributed by atoms with Gasteiger partial charge in [-0.05, 0) is 49.2 Å². The fraction of sp³-hybridized carbons (Fsp3) is 0.391. The summed E-state index contributed by atoms with van der Waals surface area (Å²) in [5.74, 6) is -2.54. The second-order valence-electron chi connectivity index (χ2n) is 8.14. The van der Waals surface area contributed by atoms with Crippen LogP contribution in [-0.2, 0) is 21.4 Å². The van der Waals surface area contributed by atoms with Gasteiger partial charge >= 0.3 is 12.3 Å². The third-order valence-electron chi connectivity index (χ3n) is 5.51. The van der Waals surface area contributed by atoms with Crippen LogP contribution in [0.1, 0.15) is 28.8 Å². The predicted octanol–water partition coefficient (Wildman–Crippen LogP) is 2.48. The van der Waals surface area contributed by atoms with E-state index in [2.05, 4.69) is 0 Å².